The quantitative estimate of drug-likeness (QED) is 0.301. The molecule has 190 valence electrons. The molecule has 3 aromatic rings. The number of H-pyrrole nitrogens is 1. The molecule has 2 aromatic heterocycles. The topological polar surface area (TPSA) is 108 Å². The predicted molar refractivity (Wildman–Crippen MR) is 136 cm³/mol. The zero-order valence-electron chi connectivity index (χ0n) is 20.5. The van der Waals surface area contributed by atoms with Crippen molar-refractivity contribution < 1.29 is 23.1 Å². The van der Waals surface area contributed by atoms with E-state index in [4.69, 9.17) is 4.74 Å². The van der Waals surface area contributed by atoms with Gasteiger partial charge < -0.3 is 25.7 Å². The molecule has 4 rings (SSSR count). The molecule has 0 aliphatic carbocycles. The van der Waals surface area contributed by atoms with E-state index in [0.717, 1.165) is 12.1 Å². The molecular formula is C27H25F2N5O3. The Balaban J connectivity index is 1.87. The maximum Gasteiger partial charge on any atom is 0.255 e. The molecule has 2 amide bonds. The first-order valence-electron chi connectivity index (χ1n) is 11.4. The third kappa shape index (κ3) is 5.30. The molecule has 0 bridgehead atoms. The van der Waals surface area contributed by atoms with Crippen molar-refractivity contribution in [1.82, 2.24) is 20.6 Å². The second-order valence-electron chi connectivity index (χ2n) is 8.82. The Labute approximate surface area is 212 Å². The fraction of sp³-hybridized carbons (Fsp3) is 0.222. The van der Waals surface area contributed by atoms with E-state index >= 15 is 0 Å². The summed E-state index contributed by atoms with van der Waals surface area (Å²) in [6, 6.07) is 3.51. The number of hydrogen-bond donors (Lipinski definition) is 4. The maximum atomic E-state index is 14.4. The average Bonchev–Trinajstić information content (AvgIpc) is 3.21. The molecular weight excluding hydrogens is 480 g/mol. The number of ether oxygens (including phenoxy) is 1. The van der Waals surface area contributed by atoms with Crippen LogP contribution in [0, 0.1) is 23.5 Å². The predicted octanol–water partition coefficient (Wildman–Crippen LogP) is 3.83. The van der Waals surface area contributed by atoms with E-state index in [1.807, 2.05) is 0 Å². The van der Waals surface area contributed by atoms with Crippen LogP contribution in [-0.4, -0.2) is 41.0 Å². The molecule has 1 aromatic carbocycles. The van der Waals surface area contributed by atoms with Crippen molar-refractivity contribution in [2.45, 2.75) is 25.8 Å². The number of pyridine rings is 1. The number of aromatic amines is 1. The molecule has 1 aliphatic rings. The van der Waals surface area contributed by atoms with Gasteiger partial charge in [0.05, 0.1) is 40.8 Å². The molecule has 0 radical (unpaired) electrons. The molecule has 4 N–H and O–H groups in total. The van der Waals surface area contributed by atoms with Gasteiger partial charge in [0.1, 0.15) is 5.82 Å². The Hall–Kier alpha value is -4.65. The lowest BCUT2D eigenvalue weighted by atomic mass is 10.0. The molecule has 0 saturated carbocycles. The highest BCUT2D eigenvalue weighted by Gasteiger charge is 2.29. The highest BCUT2D eigenvalue weighted by molar-refractivity contribution is 6.06. The number of nitrogens with zero attached hydrogens (tertiary/aromatic N) is 1. The molecule has 0 saturated heterocycles. The zero-order chi connectivity index (χ0) is 26.7. The lowest BCUT2D eigenvalue weighted by Gasteiger charge is -2.18. The summed E-state index contributed by atoms with van der Waals surface area (Å²) >= 11 is 0. The third-order valence-corrected chi connectivity index (χ3v) is 5.66. The van der Waals surface area contributed by atoms with Gasteiger partial charge in [-0.15, -0.1) is 0 Å². The van der Waals surface area contributed by atoms with Crippen molar-refractivity contribution in [3.8, 4) is 28.8 Å². The summed E-state index contributed by atoms with van der Waals surface area (Å²) < 4.78 is 33.7. The number of rotatable bonds is 6. The van der Waals surface area contributed by atoms with Gasteiger partial charge in [0, 0.05) is 48.7 Å². The number of amides is 2. The second-order valence-corrected chi connectivity index (χ2v) is 8.82. The van der Waals surface area contributed by atoms with Crippen molar-refractivity contribution in [2.75, 3.05) is 19.0 Å². The minimum atomic E-state index is -0.889. The van der Waals surface area contributed by atoms with E-state index in [2.05, 4.69) is 44.3 Å². The highest BCUT2D eigenvalue weighted by Crippen LogP contribution is 2.40. The van der Waals surface area contributed by atoms with E-state index in [-0.39, 0.29) is 23.3 Å². The van der Waals surface area contributed by atoms with Crippen molar-refractivity contribution >= 4 is 23.2 Å². The summed E-state index contributed by atoms with van der Waals surface area (Å²) in [7, 11) is 1.27. The zero-order valence-corrected chi connectivity index (χ0v) is 20.5. The first-order valence-corrected chi connectivity index (χ1v) is 11.4. The van der Waals surface area contributed by atoms with Crippen LogP contribution >= 0.6 is 0 Å². The number of benzene rings is 1. The Morgan fingerprint density at radius 1 is 1.32 bits per heavy atom. The summed E-state index contributed by atoms with van der Waals surface area (Å²) in [6.45, 7) is 7.37. The number of carbonyl (C=O) groups excluding carboxylic acids is 2. The third-order valence-electron chi connectivity index (χ3n) is 5.66. The van der Waals surface area contributed by atoms with Gasteiger partial charge in [-0.1, -0.05) is 18.4 Å². The van der Waals surface area contributed by atoms with Gasteiger partial charge in [-0.2, -0.15) is 0 Å². The van der Waals surface area contributed by atoms with Crippen LogP contribution in [0.25, 0.3) is 11.3 Å². The Bertz CT molecular complexity index is 1470. The average molecular weight is 506 g/mol. The molecule has 0 atom stereocenters. The normalized spacial score (nSPS) is 12.5. The number of halogens is 2. The lowest BCUT2D eigenvalue weighted by Crippen LogP contribution is -2.41. The number of anilines is 2. The molecule has 8 nitrogen and oxygen atoms in total. The first-order chi connectivity index (χ1) is 17.6. The SMILES string of the molecule is C=CC(=O)NC(C)(C)C#Cc1cnccc1-c1[nH]c2c(c1Nc1cc(F)cc(F)c1OC)C(=O)NCC2. The van der Waals surface area contributed by atoms with Crippen molar-refractivity contribution in [3.05, 3.63) is 71.7 Å². The summed E-state index contributed by atoms with van der Waals surface area (Å²) in [6.07, 6.45) is 4.81. The number of carbonyl (C=O) groups is 2. The molecule has 1 aliphatic heterocycles. The van der Waals surface area contributed by atoms with Crippen molar-refractivity contribution in [3.63, 3.8) is 0 Å². The van der Waals surface area contributed by atoms with Gasteiger partial charge in [-0.25, -0.2) is 8.78 Å². The van der Waals surface area contributed by atoms with Gasteiger partial charge in [0.2, 0.25) is 5.91 Å². The molecule has 3 heterocycles. The van der Waals surface area contributed by atoms with Gasteiger partial charge in [-0.3, -0.25) is 14.6 Å². The van der Waals surface area contributed by atoms with Gasteiger partial charge >= 0.3 is 0 Å². The lowest BCUT2D eigenvalue weighted by molar-refractivity contribution is -0.117. The van der Waals surface area contributed by atoms with Crippen LogP contribution in [0.2, 0.25) is 0 Å². The van der Waals surface area contributed by atoms with Crippen LogP contribution in [0.5, 0.6) is 5.75 Å². The summed E-state index contributed by atoms with van der Waals surface area (Å²) in [4.78, 5) is 32.1. The van der Waals surface area contributed by atoms with E-state index in [0.29, 0.717) is 52.8 Å². The minimum absolute atomic E-state index is 0.0105. The van der Waals surface area contributed by atoms with Crippen LogP contribution < -0.4 is 20.7 Å². The van der Waals surface area contributed by atoms with E-state index < -0.39 is 17.2 Å². The van der Waals surface area contributed by atoms with Crippen LogP contribution in [0.3, 0.4) is 0 Å². The molecule has 37 heavy (non-hydrogen) atoms. The Kier molecular flexibility index (Phi) is 6.98. The van der Waals surface area contributed by atoms with E-state index in [1.165, 1.54) is 7.11 Å². The maximum absolute atomic E-state index is 14.4. The standard InChI is InChI=1S/C27H25F2N5O3/c1-5-21(35)34-27(2,3)9-6-15-14-30-10-7-17(15)23-24(22-19(32-23)8-11-31-26(22)36)33-20-13-16(28)12-18(29)25(20)37-4/h5,7,10,12-14,32-33H,1,8,11H2,2-4H3,(H,31,36)(H,34,35). The Morgan fingerprint density at radius 3 is 2.84 bits per heavy atom. The first kappa shape index (κ1) is 25.4. The second kappa shape index (κ2) is 10.1. The smallest absolute Gasteiger partial charge is 0.255 e. The summed E-state index contributed by atoms with van der Waals surface area (Å²) in [5.41, 5.74) is 2.00. The fourth-order valence-corrected chi connectivity index (χ4v) is 4.03. The molecule has 0 spiro atoms. The largest absolute Gasteiger partial charge is 0.492 e. The van der Waals surface area contributed by atoms with Crippen LogP contribution in [0.1, 0.15) is 35.5 Å². The number of hydrogen-bond acceptors (Lipinski definition) is 5. The van der Waals surface area contributed by atoms with Gasteiger partial charge in [-0.05, 0) is 26.0 Å². The van der Waals surface area contributed by atoms with Crippen LogP contribution in [0.4, 0.5) is 20.2 Å². The number of aromatic nitrogens is 2. The molecule has 10 heteroatoms. The van der Waals surface area contributed by atoms with Crippen LogP contribution in [-0.2, 0) is 11.2 Å². The Morgan fingerprint density at radius 2 is 2.11 bits per heavy atom. The van der Waals surface area contributed by atoms with Gasteiger partial charge in [0.15, 0.2) is 11.6 Å². The minimum Gasteiger partial charge on any atom is -0.492 e. The fourth-order valence-electron chi connectivity index (χ4n) is 4.03. The number of fused-ring (bicyclic) bond motifs is 1. The number of nitrogens with one attached hydrogen (secondary N) is 4. The summed E-state index contributed by atoms with van der Waals surface area (Å²) in [5.74, 6) is 3.47. The molecule has 0 unspecified atom stereocenters. The molecule has 0 fully saturated rings. The number of methoxy groups -OCH3 is 1. The summed E-state index contributed by atoms with van der Waals surface area (Å²) in [5, 5.41) is 8.55. The van der Waals surface area contributed by atoms with E-state index in [9.17, 15) is 18.4 Å². The van der Waals surface area contributed by atoms with Gasteiger partial charge in [0.25, 0.3) is 5.91 Å². The van der Waals surface area contributed by atoms with Crippen molar-refractivity contribution in [2.24, 2.45) is 0 Å². The van der Waals surface area contributed by atoms with Crippen molar-refractivity contribution in [1.29, 1.82) is 0 Å². The van der Waals surface area contributed by atoms with Crippen LogP contribution in [0.15, 0.2) is 43.2 Å². The van der Waals surface area contributed by atoms with E-state index in [1.54, 1.807) is 32.3 Å². The monoisotopic (exact) mass is 505 g/mol. The highest BCUT2D eigenvalue weighted by atomic mass is 19.1.